The number of fused-ring (bicyclic) bond motifs is 3. The molecule has 2 aliphatic rings. The number of carboxylic acid groups (broad SMARTS) is 1. The zero-order valence-electron chi connectivity index (χ0n) is 23.6. The number of aromatic nitrogens is 3. The maximum Gasteiger partial charge on any atom is 0.452 e. The van der Waals surface area contributed by atoms with Gasteiger partial charge in [-0.25, -0.2) is 0 Å². The quantitative estimate of drug-likeness (QED) is 0.341. The lowest BCUT2D eigenvalue weighted by atomic mass is 9.93. The van der Waals surface area contributed by atoms with Gasteiger partial charge in [0.25, 0.3) is 0 Å². The van der Waals surface area contributed by atoms with Crippen LogP contribution in [-0.2, 0) is 26.7 Å². The molecule has 0 saturated carbocycles. The van der Waals surface area contributed by atoms with E-state index in [0.29, 0.717) is 40.4 Å². The van der Waals surface area contributed by atoms with Crippen LogP contribution in [0, 0.1) is 12.8 Å². The monoisotopic (exact) mass is 626 g/mol. The average molecular weight is 627 g/mol. The van der Waals surface area contributed by atoms with Crippen molar-refractivity contribution in [2.45, 2.75) is 57.2 Å². The van der Waals surface area contributed by atoms with Gasteiger partial charge in [-0.2, -0.15) is 26.3 Å². The van der Waals surface area contributed by atoms with Gasteiger partial charge in [0, 0.05) is 25.1 Å². The molecule has 3 heterocycles. The SMILES string of the molecule is COc1cccc([C@H]2O[C@H](CC(=O)N3CCC(CC(=O)O)CC3)c3nnc(C(F)(F)F)n3-c3ccc(C(F)(F)F)cc32)c1C. The predicted molar refractivity (Wildman–Crippen MR) is 141 cm³/mol. The molecule has 9 nitrogen and oxygen atoms in total. The van der Waals surface area contributed by atoms with Crippen molar-refractivity contribution in [1.29, 1.82) is 0 Å². The summed E-state index contributed by atoms with van der Waals surface area (Å²) < 4.78 is 96.6. The topological polar surface area (TPSA) is 107 Å². The molecule has 1 N–H and O–H groups in total. The van der Waals surface area contributed by atoms with Gasteiger partial charge in [0.15, 0.2) is 5.82 Å². The van der Waals surface area contributed by atoms with Crippen molar-refractivity contribution in [2.75, 3.05) is 20.2 Å². The first-order chi connectivity index (χ1) is 20.7. The number of halogens is 6. The minimum atomic E-state index is -5.04. The summed E-state index contributed by atoms with van der Waals surface area (Å²) in [5.74, 6) is -3.07. The highest BCUT2D eigenvalue weighted by Crippen LogP contribution is 2.46. The molecule has 5 rings (SSSR count). The van der Waals surface area contributed by atoms with E-state index in [9.17, 15) is 35.9 Å². The number of ether oxygens (including phenoxy) is 2. The minimum Gasteiger partial charge on any atom is -0.496 e. The molecule has 3 aromatic rings. The van der Waals surface area contributed by atoms with E-state index >= 15 is 0 Å². The largest absolute Gasteiger partial charge is 0.496 e. The Morgan fingerprint density at radius 3 is 2.32 bits per heavy atom. The summed E-state index contributed by atoms with van der Waals surface area (Å²) in [5.41, 5.74) is -0.812. The van der Waals surface area contributed by atoms with Crippen molar-refractivity contribution in [3.05, 3.63) is 70.3 Å². The number of carbonyl (C=O) groups is 2. The molecule has 44 heavy (non-hydrogen) atoms. The van der Waals surface area contributed by atoms with Crippen LogP contribution in [0.3, 0.4) is 0 Å². The second kappa shape index (κ2) is 11.7. The number of hydrogen-bond donors (Lipinski definition) is 1. The first kappa shape index (κ1) is 31.3. The molecule has 1 amide bonds. The van der Waals surface area contributed by atoms with E-state index in [0.717, 1.165) is 12.1 Å². The van der Waals surface area contributed by atoms with Crippen molar-refractivity contribution < 1.29 is 50.5 Å². The average Bonchev–Trinajstić information content (AvgIpc) is 3.36. The van der Waals surface area contributed by atoms with E-state index in [-0.39, 0.29) is 36.7 Å². The van der Waals surface area contributed by atoms with Crippen molar-refractivity contribution in [3.63, 3.8) is 0 Å². The Balaban J connectivity index is 1.62. The standard InChI is InChI=1S/C29H28F6N4O5/c1-15-18(4-3-5-21(15)43-2)25-19-13-17(28(30,31)32)6-7-20(19)39-26(36-37-27(39)29(33,34)35)22(44-25)14-23(40)38-10-8-16(9-11-38)12-24(41)42/h3-7,13,16,22,25H,8-12,14H2,1-2H3,(H,41,42)/t22-,25-/m1/s1. The van der Waals surface area contributed by atoms with Gasteiger partial charge in [0.2, 0.25) is 11.7 Å². The van der Waals surface area contributed by atoms with Crippen LogP contribution in [0.1, 0.15) is 71.8 Å². The Hall–Kier alpha value is -4.14. The van der Waals surface area contributed by atoms with E-state index in [1.54, 1.807) is 25.1 Å². The first-order valence-corrected chi connectivity index (χ1v) is 13.7. The molecular weight excluding hydrogens is 598 g/mol. The minimum absolute atomic E-state index is 0.0448. The number of amides is 1. The molecule has 0 radical (unpaired) electrons. The van der Waals surface area contributed by atoms with Crippen molar-refractivity contribution in [3.8, 4) is 11.4 Å². The second-order valence-corrected chi connectivity index (χ2v) is 10.8. The Morgan fingerprint density at radius 2 is 1.70 bits per heavy atom. The number of aliphatic carboxylic acids is 1. The van der Waals surface area contributed by atoms with E-state index in [1.807, 2.05) is 0 Å². The molecule has 0 bridgehead atoms. The second-order valence-electron chi connectivity index (χ2n) is 10.8. The van der Waals surface area contributed by atoms with Gasteiger partial charge in [-0.15, -0.1) is 10.2 Å². The van der Waals surface area contributed by atoms with Crippen LogP contribution in [0.25, 0.3) is 5.69 Å². The number of carboxylic acids is 1. The van der Waals surface area contributed by atoms with E-state index < -0.39 is 60.1 Å². The summed E-state index contributed by atoms with van der Waals surface area (Å²) in [7, 11) is 1.40. The Bertz CT molecular complexity index is 1560. The fourth-order valence-corrected chi connectivity index (χ4v) is 5.81. The lowest BCUT2D eigenvalue weighted by Gasteiger charge is -2.32. The number of likely N-dealkylation sites (tertiary alicyclic amines) is 1. The third kappa shape index (κ3) is 6.10. The molecule has 0 unspecified atom stereocenters. The Labute approximate surface area is 247 Å². The van der Waals surface area contributed by atoms with Crippen LogP contribution in [0.4, 0.5) is 26.3 Å². The fourth-order valence-electron chi connectivity index (χ4n) is 5.81. The molecule has 236 valence electrons. The van der Waals surface area contributed by atoms with Gasteiger partial charge in [0.05, 0.1) is 24.8 Å². The molecule has 0 spiro atoms. The molecule has 2 atom stereocenters. The van der Waals surface area contributed by atoms with Crippen LogP contribution in [0.2, 0.25) is 0 Å². The van der Waals surface area contributed by atoms with Gasteiger partial charge < -0.3 is 19.5 Å². The van der Waals surface area contributed by atoms with E-state index in [1.165, 1.54) is 12.0 Å². The van der Waals surface area contributed by atoms with Gasteiger partial charge in [-0.3, -0.25) is 14.2 Å². The van der Waals surface area contributed by atoms with Crippen LogP contribution in [0.5, 0.6) is 5.75 Å². The van der Waals surface area contributed by atoms with Crippen molar-refractivity contribution in [1.82, 2.24) is 19.7 Å². The number of benzene rings is 2. The third-order valence-corrected chi connectivity index (χ3v) is 8.03. The molecule has 1 aromatic heterocycles. The van der Waals surface area contributed by atoms with Crippen LogP contribution in [-0.4, -0.2) is 56.8 Å². The molecule has 2 aromatic carbocycles. The Kier molecular flexibility index (Phi) is 8.35. The number of carbonyl (C=O) groups excluding carboxylic acids is 1. The molecule has 0 aliphatic carbocycles. The van der Waals surface area contributed by atoms with Crippen LogP contribution < -0.4 is 4.74 Å². The predicted octanol–water partition coefficient (Wildman–Crippen LogP) is 5.89. The lowest BCUT2D eigenvalue weighted by Crippen LogP contribution is -2.39. The number of rotatable bonds is 6. The maximum absolute atomic E-state index is 14.2. The highest BCUT2D eigenvalue weighted by Gasteiger charge is 2.45. The van der Waals surface area contributed by atoms with Crippen LogP contribution >= 0.6 is 0 Å². The maximum atomic E-state index is 14.2. The summed E-state index contributed by atoms with van der Waals surface area (Å²) in [5, 5.41) is 16.1. The molecule has 1 fully saturated rings. The number of nitrogens with zero attached hydrogens (tertiary/aromatic N) is 4. The van der Waals surface area contributed by atoms with E-state index in [4.69, 9.17) is 14.6 Å². The lowest BCUT2D eigenvalue weighted by molar-refractivity contribution is -0.146. The summed E-state index contributed by atoms with van der Waals surface area (Å²) >= 11 is 0. The fraction of sp³-hybridized carbons (Fsp3) is 0.448. The van der Waals surface area contributed by atoms with Gasteiger partial charge in [0.1, 0.15) is 18.0 Å². The molecule has 15 heteroatoms. The van der Waals surface area contributed by atoms with Crippen molar-refractivity contribution in [2.24, 2.45) is 5.92 Å². The first-order valence-electron chi connectivity index (χ1n) is 13.7. The zero-order valence-corrected chi connectivity index (χ0v) is 23.6. The molecular formula is C29H28F6N4O5. The highest BCUT2D eigenvalue weighted by molar-refractivity contribution is 5.77. The van der Waals surface area contributed by atoms with Crippen LogP contribution in [0.15, 0.2) is 36.4 Å². The summed E-state index contributed by atoms with van der Waals surface area (Å²) in [6.45, 7) is 2.10. The number of hydrogen-bond acceptors (Lipinski definition) is 6. The molecule has 2 aliphatic heterocycles. The van der Waals surface area contributed by atoms with Crippen molar-refractivity contribution >= 4 is 11.9 Å². The van der Waals surface area contributed by atoms with E-state index in [2.05, 4.69) is 10.2 Å². The third-order valence-electron chi connectivity index (χ3n) is 8.03. The number of methoxy groups -OCH3 is 1. The smallest absolute Gasteiger partial charge is 0.452 e. The Morgan fingerprint density at radius 1 is 1.00 bits per heavy atom. The normalized spacial score (nSPS) is 19.2. The summed E-state index contributed by atoms with van der Waals surface area (Å²) in [4.78, 5) is 26.0. The molecule has 1 saturated heterocycles. The summed E-state index contributed by atoms with van der Waals surface area (Å²) in [6, 6.07) is 7.09. The zero-order chi connectivity index (χ0) is 32.0. The highest BCUT2D eigenvalue weighted by atomic mass is 19.4. The number of alkyl halides is 6. The van der Waals surface area contributed by atoms with Gasteiger partial charge in [-0.05, 0) is 61.1 Å². The van der Waals surface area contributed by atoms with Gasteiger partial charge >= 0.3 is 18.3 Å². The summed E-state index contributed by atoms with van der Waals surface area (Å²) in [6.07, 6.45) is -12.3. The number of piperidine rings is 1. The van der Waals surface area contributed by atoms with Gasteiger partial charge in [-0.1, -0.05) is 12.1 Å².